The Morgan fingerprint density at radius 2 is 1.89 bits per heavy atom. The van der Waals surface area contributed by atoms with E-state index in [1.807, 2.05) is 54.6 Å². The van der Waals surface area contributed by atoms with Crippen LogP contribution in [-0.4, -0.2) is 50.5 Å². The van der Waals surface area contributed by atoms with E-state index >= 15 is 0 Å². The van der Waals surface area contributed by atoms with Crippen LogP contribution < -0.4 is 24.4 Å². The summed E-state index contributed by atoms with van der Waals surface area (Å²) in [6.07, 6.45) is 1.78. The minimum atomic E-state index is -0.100. The predicted octanol–water partition coefficient (Wildman–Crippen LogP) is 4.19. The number of carbonyl (C=O) groups excluding carboxylic acids is 1. The zero-order valence-electron chi connectivity index (χ0n) is 20.2. The third-order valence-corrected chi connectivity index (χ3v) is 6.84. The summed E-state index contributed by atoms with van der Waals surface area (Å²) in [5.41, 5.74) is 0.957. The van der Waals surface area contributed by atoms with Gasteiger partial charge in [-0.3, -0.25) is 4.79 Å². The van der Waals surface area contributed by atoms with Crippen molar-refractivity contribution in [1.29, 1.82) is 0 Å². The average molecular weight is 495 g/mol. The number of nitrogens with zero attached hydrogens (tertiary/aromatic N) is 3. The van der Waals surface area contributed by atoms with Crippen LogP contribution in [0.5, 0.6) is 17.2 Å². The van der Waals surface area contributed by atoms with Gasteiger partial charge in [-0.05, 0) is 60.9 Å². The van der Waals surface area contributed by atoms with Gasteiger partial charge in [0.1, 0.15) is 10.8 Å². The first-order valence-electron chi connectivity index (χ1n) is 11.5. The fraction of sp³-hybridized carbons (Fsp3) is 0.346. The molecule has 8 nitrogen and oxygen atoms in total. The Kier molecular flexibility index (Phi) is 8.31. The first-order valence-corrected chi connectivity index (χ1v) is 12.3. The number of hydrogen-bond acceptors (Lipinski definition) is 8. The minimum absolute atomic E-state index is 0.0441. The molecule has 3 aromatic rings. The van der Waals surface area contributed by atoms with Gasteiger partial charge in [0, 0.05) is 24.5 Å². The topological polar surface area (TPSA) is 85.8 Å². The number of benzene rings is 2. The van der Waals surface area contributed by atoms with Gasteiger partial charge in [0.15, 0.2) is 17.3 Å². The summed E-state index contributed by atoms with van der Waals surface area (Å²) < 4.78 is 15.9. The highest BCUT2D eigenvalue weighted by atomic mass is 32.2. The lowest BCUT2D eigenvalue weighted by Gasteiger charge is -2.32. The Morgan fingerprint density at radius 3 is 2.63 bits per heavy atom. The van der Waals surface area contributed by atoms with Crippen molar-refractivity contribution in [2.45, 2.75) is 29.3 Å². The summed E-state index contributed by atoms with van der Waals surface area (Å²) in [7, 11) is 4.86. The smallest absolute Gasteiger partial charge is 0.225 e. The number of aromatic nitrogens is 2. The molecule has 35 heavy (non-hydrogen) atoms. The van der Waals surface area contributed by atoms with Crippen LogP contribution in [0, 0.1) is 5.92 Å². The molecule has 1 saturated heterocycles. The van der Waals surface area contributed by atoms with E-state index in [0.717, 1.165) is 46.4 Å². The van der Waals surface area contributed by atoms with Gasteiger partial charge >= 0.3 is 0 Å². The zero-order chi connectivity index (χ0) is 24.6. The molecule has 184 valence electrons. The van der Waals surface area contributed by atoms with Gasteiger partial charge in [-0.2, -0.15) is 0 Å². The quantitative estimate of drug-likeness (QED) is 0.474. The van der Waals surface area contributed by atoms with E-state index in [1.165, 1.54) is 11.8 Å². The zero-order valence-corrected chi connectivity index (χ0v) is 21.0. The summed E-state index contributed by atoms with van der Waals surface area (Å²) in [6, 6.07) is 17.4. The number of piperidine rings is 1. The van der Waals surface area contributed by atoms with Gasteiger partial charge in [0.25, 0.3) is 0 Å². The first kappa shape index (κ1) is 24.7. The van der Waals surface area contributed by atoms with Gasteiger partial charge in [-0.15, -0.1) is 10.2 Å². The lowest BCUT2D eigenvalue weighted by Crippen LogP contribution is -2.43. The SMILES string of the molecule is COc1cccc(Sc2ccc(N3CCC[C@H](C(=O)NCc4ccc(OC)c(OC)c4)C3)nn2)c1. The van der Waals surface area contributed by atoms with Crippen LogP contribution in [-0.2, 0) is 11.3 Å². The lowest BCUT2D eigenvalue weighted by molar-refractivity contribution is -0.125. The molecule has 0 aliphatic carbocycles. The van der Waals surface area contributed by atoms with E-state index < -0.39 is 0 Å². The number of methoxy groups -OCH3 is 3. The Balaban J connectivity index is 1.33. The summed E-state index contributed by atoms with van der Waals surface area (Å²) >= 11 is 1.53. The fourth-order valence-corrected chi connectivity index (χ4v) is 4.83. The molecular formula is C26H30N4O4S. The molecule has 0 radical (unpaired) electrons. The van der Waals surface area contributed by atoms with Gasteiger partial charge in [0.2, 0.25) is 5.91 Å². The molecule has 1 aliphatic rings. The summed E-state index contributed by atoms with van der Waals surface area (Å²) in [4.78, 5) is 16.1. The van der Waals surface area contributed by atoms with Gasteiger partial charge in [0.05, 0.1) is 27.2 Å². The highest BCUT2D eigenvalue weighted by molar-refractivity contribution is 7.99. The fourth-order valence-electron chi connectivity index (χ4n) is 4.04. The molecule has 1 N–H and O–H groups in total. The van der Waals surface area contributed by atoms with E-state index in [-0.39, 0.29) is 11.8 Å². The highest BCUT2D eigenvalue weighted by Crippen LogP contribution is 2.30. The predicted molar refractivity (Wildman–Crippen MR) is 135 cm³/mol. The molecule has 4 rings (SSSR count). The maximum absolute atomic E-state index is 12.9. The normalized spacial score (nSPS) is 15.4. The molecule has 9 heteroatoms. The highest BCUT2D eigenvalue weighted by Gasteiger charge is 2.26. The maximum atomic E-state index is 12.9. The van der Waals surface area contributed by atoms with Crippen LogP contribution >= 0.6 is 11.8 Å². The molecule has 1 amide bonds. The molecule has 1 aliphatic heterocycles. The largest absolute Gasteiger partial charge is 0.497 e. The van der Waals surface area contributed by atoms with Gasteiger partial charge < -0.3 is 24.4 Å². The number of rotatable bonds is 9. The lowest BCUT2D eigenvalue weighted by atomic mass is 9.97. The third-order valence-electron chi connectivity index (χ3n) is 5.92. The second-order valence-corrected chi connectivity index (χ2v) is 9.30. The number of anilines is 1. The van der Waals surface area contributed by atoms with E-state index in [4.69, 9.17) is 14.2 Å². The molecule has 0 saturated carbocycles. The van der Waals surface area contributed by atoms with Crippen LogP contribution in [0.4, 0.5) is 5.82 Å². The standard InChI is InChI=1S/C26H30N4O4S/c1-32-20-7-4-8-21(15-20)35-25-12-11-24(28-29-25)30-13-5-6-19(17-30)26(31)27-16-18-9-10-22(33-2)23(14-18)34-3/h4,7-12,14-15,19H,5-6,13,16-17H2,1-3H3,(H,27,31)/t19-/m0/s1. The summed E-state index contributed by atoms with van der Waals surface area (Å²) in [6.45, 7) is 1.91. The van der Waals surface area contributed by atoms with Crippen molar-refractivity contribution < 1.29 is 19.0 Å². The molecule has 0 spiro atoms. The Morgan fingerprint density at radius 1 is 1.03 bits per heavy atom. The molecule has 1 fully saturated rings. The van der Waals surface area contributed by atoms with Crippen molar-refractivity contribution in [1.82, 2.24) is 15.5 Å². The maximum Gasteiger partial charge on any atom is 0.225 e. The van der Waals surface area contributed by atoms with Crippen molar-refractivity contribution in [2.75, 3.05) is 39.3 Å². The first-order chi connectivity index (χ1) is 17.1. The van der Waals surface area contributed by atoms with E-state index in [0.29, 0.717) is 24.6 Å². The summed E-state index contributed by atoms with van der Waals surface area (Å²) in [5.74, 6) is 2.86. The Labute approximate surface area is 210 Å². The van der Waals surface area contributed by atoms with Crippen LogP contribution in [0.25, 0.3) is 0 Å². The Hall–Kier alpha value is -3.46. The molecule has 0 unspecified atom stereocenters. The van der Waals surface area contributed by atoms with Crippen molar-refractivity contribution in [3.05, 3.63) is 60.2 Å². The van der Waals surface area contributed by atoms with Crippen molar-refractivity contribution >= 4 is 23.5 Å². The third kappa shape index (κ3) is 6.36. The number of hydrogen-bond donors (Lipinski definition) is 1. The molecule has 2 heterocycles. The van der Waals surface area contributed by atoms with Crippen LogP contribution in [0.1, 0.15) is 18.4 Å². The van der Waals surface area contributed by atoms with Gasteiger partial charge in [-0.1, -0.05) is 23.9 Å². The number of nitrogens with one attached hydrogen (secondary N) is 1. The van der Waals surface area contributed by atoms with Gasteiger partial charge in [-0.25, -0.2) is 0 Å². The van der Waals surface area contributed by atoms with E-state index in [2.05, 4.69) is 20.4 Å². The number of carbonyl (C=O) groups is 1. The van der Waals surface area contributed by atoms with Crippen LogP contribution in [0.15, 0.2) is 64.5 Å². The average Bonchev–Trinajstić information content (AvgIpc) is 2.92. The number of amides is 1. The van der Waals surface area contributed by atoms with Crippen LogP contribution in [0.2, 0.25) is 0 Å². The van der Waals surface area contributed by atoms with E-state index in [9.17, 15) is 4.79 Å². The second kappa shape index (κ2) is 11.8. The minimum Gasteiger partial charge on any atom is -0.497 e. The van der Waals surface area contributed by atoms with Crippen molar-refractivity contribution in [3.8, 4) is 17.2 Å². The molecule has 1 aromatic heterocycles. The molecule has 2 aromatic carbocycles. The van der Waals surface area contributed by atoms with Crippen LogP contribution in [0.3, 0.4) is 0 Å². The molecule has 0 bridgehead atoms. The van der Waals surface area contributed by atoms with E-state index in [1.54, 1.807) is 21.3 Å². The molecular weight excluding hydrogens is 464 g/mol. The van der Waals surface area contributed by atoms with Crippen molar-refractivity contribution in [3.63, 3.8) is 0 Å². The van der Waals surface area contributed by atoms with Crippen molar-refractivity contribution in [2.24, 2.45) is 5.92 Å². The summed E-state index contributed by atoms with van der Waals surface area (Å²) in [5, 5.41) is 12.7. The molecule has 1 atom stereocenters. The Bertz CT molecular complexity index is 1140. The monoisotopic (exact) mass is 494 g/mol. The second-order valence-electron chi connectivity index (χ2n) is 8.20. The number of ether oxygens (including phenoxy) is 3.